The molecule has 0 N–H and O–H groups in total. The number of rotatable bonds is 4. The van der Waals surface area contributed by atoms with Crippen LogP contribution in [0.5, 0.6) is 5.75 Å². The average Bonchev–Trinajstić information content (AvgIpc) is 3.04. The lowest BCUT2D eigenvalue weighted by Gasteiger charge is -2.49. The van der Waals surface area contributed by atoms with Crippen molar-refractivity contribution in [1.82, 2.24) is 0 Å². The molecule has 0 aromatic heterocycles. The third-order valence-electron chi connectivity index (χ3n) is 9.46. The molecule has 0 bridgehead atoms. The quantitative estimate of drug-likeness (QED) is 0.351. The molecule has 0 spiro atoms. The first-order valence-electron chi connectivity index (χ1n) is 12.4. The topological polar surface area (TPSA) is 42.2 Å². The van der Waals surface area contributed by atoms with Crippen LogP contribution in [0, 0.1) is 28.6 Å². The summed E-state index contributed by atoms with van der Waals surface area (Å²) in [6.45, 7) is 14.6. The zero-order chi connectivity index (χ0) is 23.3. The smallest absolute Gasteiger partial charge is 0.250 e. The first-order valence-corrected chi connectivity index (χ1v) is 15.4. The van der Waals surface area contributed by atoms with Gasteiger partial charge in [-0.25, -0.2) is 0 Å². The molecule has 32 heavy (non-hydrogen) atoms. The number of aryl methyl sites for hydroxylation is 1. The third kappa shape index (κ3) is 3.86. The van der Waals surface area contributed by atoms with Crippen molar-refractivity contribution in [3.8, 4) is 11.8 Å². The van der Waals surface area contributed by atoms with E-state index in [2.05, 4.69) is 59.0 Å². The molecule has 1 aromatic carbocycles. The van der Waals surface area contributed by atoms with E-state index in [-0.39, 0.29) is 10.5 Å². The zero-order valence-corrected chi connectivity index (χ0v) is 22.2. The Labute approximate surface area is 196 Å². The van der Waals surface area contributed by atoms with Crippen molar-refractivity contribution >= 4 is 8.32 Å². The van der Waals surface area contributed by atoms with Gasteiger partial charge in [-0.05, 0) is 103 Å². The minimum absolute atomic E-state index is 0.170. The van der Waals surface area contributed by atoms with Gasteiger partial charge in [0.05, 0.1) is 12.7 Å². The highest BCUT2D eigenvalue weighted by atomic mass is 28.4. The van der Waals surface area contributed by atoms with E-state index < -0.39 is 8.32 Å². The van der Waals surface area contributed by atoms with Crippen molar-refractivity contribution in [3.05, 3.63) is 40.5 Å². The van der Waals surface area contributed by atoms with Crippen LogP contribution in [-0.2, 0) is 17.8 Å². The Morgan fingerprint density at radius 2 is 1.94 bits per heavy atom. The van der Waals surface area contributed by atoms with E-state index in [1.54, 1.807) is 12.7 Å². The van der Waals surface area contributed by atoms with Crippen LogP contribution in [0.2, 0.25) is 18.1 Å². The molecule has 3 nitrogen and oxygen atoms in total. The molecule has 4 heteroatoms. The Morgan fingerprint density at radius 3 is 2.59 bits per heavy atom. The summed E-state index contributed by atoms with van der Waals surface area (Å²) in [6, 6.07) is 7.12. The van der Waals surface area contributed by atoms with Gasteiger partial charge in [0.1, 0.15) is 5.75 Å². The highest BCUT2D eigenvalue weighted by Gasteiger charge is 2.52. The number of benzene rings is 1. The van der Waals surface area contributed by atoms with Gasteiger partial charge in [0.25, 0.3) is 0 Å². The SMILES string of the molecule is COCc1cc2c(cc1O[Si](C)(C)C(C)(C)C)CC[C@@H]1[C@@H]2CC[C@]2(C)/C(=C/C#N)CC[C@@H]12. The average molecular weight is 452 g/mol. The van der Waals surface area contributed by atoms with E-state index in [9.17, 15) is 5.26 Å². The van der Waals surface area contributed by atoms with Crippen LogP contribution in [-0.4, -0.2) is 15.4 Å². The van der Waals surface area contributed by atoms with E-state index >= 15 is 0 Å². The summed E-state index contributed by atoms with van der Waals surface area (Å²) in [5.41, 5.74) is 5.90. The van der Waals surface area contributed by atoms with Gasteiger partial charge in [0.15, 0.2) is 0 Å². The minimum atomic E-state index is -1.92. The first-order chi connectivity index (χ1) is 15.0. The lowest BCUT2D eigenvalue weighted by atomic mass is 9.55. The normalized spacial score (nSPS) is 30.9. The third-order valence-corrected chi connectivity index (χ3v) is 13.8. The number of hydrogen-bond donors (Lipinski definition) is 0. The molecule has 1 aromatic rings. The van der Waals surface area contributed by atoms with Crippen LogP contribution < -0.4 is 4.43 Å². The molecule has 0 aliphatic heterocycles. The Balaban J connectivity index is 1.68. The summed E-state index contributed by atoms with van der Waals surface area (Å²) in [4.78, 5) is 0. The summed E-state index contributed by atoms with van der Waals surface area (Å²) in [6.07, 6.45) is 9.05. The molecule has 0 unspecified atom stereocenters. The Hall–Kier alpha value is -1.57. The van der Waals surface area contributed by atoms with Gasteiger partial charge in [-0.15, -0.1) is 0 Å². The van der Waals surface area contributed by atoms with Gasteiger partial charge in [-0.1, -0.05) is 33.3 Å². The summed E-state index contributed by atoms with van der Waals surface area (Å²) >= 11 is 0. The molecular weight excluding hydrogens is 410 g/mol. The molecule has 4 rings (SSSR count). The van der Waals surface area contributed by atoms with Crippen molar-refractivity contribution in [2.24, 2.45) is 17.3 Å². The number of methoxy groups -OCH3 is 1. The molecule has 0 saturated heterocycles. The zero-order valence-electron chi connectivity index (χ0n) is 21.2. The van der Waals surface area contributed by atoms with Gasteiger partial charge >= 0.3 is 0 Å². The van der Waals surface area contributed by atoms with Crippen LogP contribution in [0.1, 0.15) is 82.4 Å². The highest BCUT2D eigenvalue weighted by Crippen LogP contribution is 2.63. The molecule has 2 fully saturated rings. The molecule has 3 aliphatic rings. The number of ether oxygens (including phenoxy) is 1. The van der Waals surface area contributed by atoms with Crippen LogP contribution in [0.3, 0.4) is 0 Å². The van der Waals surface area contributed by atoms with Crippen LogP contribution >= 0.6 is 0 Å². The summed E-state index contributed by atoms with van der Waals surface area (Å²) in [5, 5.41) is 9.45. The lowest BCUT2D eigenvalue weighted by Crippen LogP contribution is -2.44. The molecule has 4 atom stereocenters. The fraction of sp³-hybridized carbons (Fsp3) is 0.679. The van der Waals surface area contributed by atoms with E-state index in [0.717, 1.165) is 24.5 Å². The van der Waals surface area contributed by atoms with Gasteiger partial charge in [-0.3, -0.25) is 0 Å². The Kier molecular flexibility index (Phi) is 6.14. The minimum Gasteiger partial charge on any atom is -0.543 e. The van der Waals surface area contributed by atoms with Gasteiger partial charge < -0.3 is 9.16 Å². The fourth-order valence-electron chi connectivity index (χ4n) is 6.60. The largest absolute Gasteiger partial charge is 0.543 e. The molecule has 3 aliphatic carbocycles. The maximum absolute atomic E-state index is 9.28. The van der Waals surface area contributed by atoms with Gasteiger partial charge in [0.2, 0.25) is 8.32 Å². The summed E-state index contributed by atoms with van der Waals surface area (Å²) < 4.78 is 12.4. The molecule has 0 amide bonds. The number of hydrogen-bond acceptors (Lipinski definition) is 3. The molecule has 0 radical (unpaired) electrons. The van der Waals surface area contributed by atoms with E-state index in [0.29, 0.717) is 18.4 Å². The van der Waals surface area contributed by atoms with Crippen LogP contribution in [0.15, 0.2) is 23.8 Å². The second-order valence-corrected chi connectivity index (χ2v) is 16.9. The van der Waals surface area contributed by atoms with Gasteiger partial charge in [-0.2, -0.15) is 5.26 Å². The second-order valence-electron chi connectivity index (χ2n) is 12.2. The standard InChI is InChI=1S/C28H41NO2Si/c1-27(2,3)32(6,7)31-26-17-19-8-10-23-22(24(19)16-20(26)18-30-5)12-14-28(4)21(13-15-29)9-11-25(23)28/h13,16-17,22-23,25H,8-12,14,18H2,1-7H3/b21-13+/t22-,23+,25-,28+/m0/s1. The van der Waals surface area contributed by atoms with Crippen LogP contribution in [0.25, 0.3) is 0 Å². The first kappa shape index (κ1) is 23.6. The number of allylic oxidation sites excluding steroid dienone is 2. The van der Waals surface area contributed by atoms with Gasteiger partial charge in [0, 0.05) is 18.7 Å². The Bertz CT molecular complexity index is 951. The van der Waals surface area contributed by atoms with Crippen molar-refractivity contribution in [3.63, 3.8) is 0 Å². The maximum atomic E-state index is 9.28. The predicted octanol–water partition coefficient (Wildman–Crippen LogP) is 7.52. The lowest BCUT2D eigenvalue weighted by molar-refractivity contribution is 0.0812. The number of nitrogens with zero attached hydrogens (tertiary/aromatic N) is 1. The number of nitriles is 1. The molecule has 0 heterocycles. The predicted molar refractivity (Wildman–Crippen MR) is 133 cm³/mol. The maximum Gasteiger partial charge on any atom is 0.250 e. The highest BCUT2D eigenvalue weighted by molar-refractivity contribution is 6.74. The number of fused-ring (bicyclic) bond motifs is 5. The molecular formula is C28H41NO2Si. The summed E-state index contributed by atoms with van der Waals surface area (Å²) in [7, 11) is -0.134. The van der Waals surface area contributed by atoms with Crippen molar-refractivity contribution < 1.29 is 9.16 Å². The van der Waals surface area contributed by atoms with E-state index in [4.69, 9.17) is 9.16 Å². The van der Waals surface area contributed by atoms with E-state index in [1.807, 2.05) is 6.08 Å². The van der Waals surface area contributed by atoms with Crippen molar-refractivity contribution in [1.29, 1.82) is 5.26 Å². The van der Waals surface area contributed by atoms with Crippen molar-refractivity contribution in [2.75, 3.05) is 7.11 Å². The molecule has 2 saturated carbocycles. The second kappa shape index (κ2) is 8.33. The fourth-order valence-corrected chi connectivity index (χ4v) is 7.65. The summed E-state index contributed by atoms with van der Waals surface area (Å²) in [5.74, 6) is 3.13. The monoisotopic (exact) mass is 451 g/mol. The Morgan fingerprint density at radius 1 is 1.19 bits per heavy atom. The van der Waals surface area contributed by atoms with Crippen molar-refractivity contribution in [2.45, 2.75) is 96.9 Å². The van der Waals surface area contributed by atoms with Crippen LogP contribution in [0.4, 0.5) is 0 Å². The molecule has 174 valence electrons. The van der Waals surface area contributed by atoms with E-state index in [1.165, 1.54) is 42.4 Å².